The zero-order chi connectivity index (χ0) is 15.0. The van der Waals surface area contributed by atoms with Crippen LogP contribution in [-0.4, -0.2) is 19.0 Å². The Morgan fingerprint density at radius 1 is 0.900 bits per heavy atom. The maximum atomic E-state index is 12.7. The molecule has 0 unspecified atom stereocenters. The fourth-order valence-corrected chi connectivity index (χ4v) is 2.26. The third-order valence-corrected chi connectivity index (χ3v) is 3.26. The molecule has 0 aliphatic rings. The average Bonchev–Trinajstić information content (AvgIpc) is 2.16. The van der Waals surface area contributed by atoms with E-state index in [0.29, 0.717) is 0 Å². The van der Waals surface area contributed by atoms with Crippen LogP contribution in [0.5, 0.6) is 5.75 Å². The summed E-state index contributed by atoms with van der Waals surface area (Å²) < 4.78 is 0. The molecule has 1 aromatic carbocycles. The summed E-state index contributed by atoms with van der Waals surface area (Å²) in [6.45, 7) is 13.5. The van der Waals surface area contributed by atoms with Crippen molar-refractivity contribution in [2.24, 2.45) is 0 Å². The minimum absolute atomic E-state index is 0. The second kappa shape index (κ2) is 7.25. The third kappa shape index (κ3) is 5.43. The molecule has 0 aliphatic heterocycles. The predicted octanol–water partition coefficient (Wildman–Crippen LogP) is 0.421. The molecule has 3 heteroatoms. The molecule has 0 aliphatic carbocycles. The van der Waals surface area contributed by atoms with Gasteiger partial charge < -0.3 is 10.0 Å². The van der Waals surface area contributed by atoms with E-state index in [0.717, 1.165) is 17.7 Å². The Labute approximate surface area is 167 Å². The van der Waals surface area contributed by atoms with E-state index in [-0.39, 0.29) is 68.0 Å². The zero-order valence-electron chi connectivity index (χ0n) is 14.7. The average molecular weight is 302 g/mol. The van der Waals surface area contributed by atoms with Gasteiger partial charge in [0.15, 0.2) is 0 Å². The second-order valence-electron chi connectivity index (χ2n) is 7.76. The van der Waals surface area contributed by atoms with Crippen LogP contribution in [0.3, 0.4) is 0 Å². The van der Waals surface area contributed by atoms with Gasteiger partial charge in [0.25, 0.3) is 0 Å². The van der Waals surface area contributed by atoms with Crippen LogP contribution >= 0.6 is 0 Å². The molecule has 0 amide bonds. The molecular formula is C17H28KNO. The van der Waals surface area contributed by atoms with Crippen molar-refractivity contribution in [3.05, 3.63) is 28.8 Å². The molecule has 2 nitrogen and oxygen atoms in total. The van der Waals surface area contributed by atoms with Crippen molar-refractivity contribution in [3.63, 3.8) is 0 Å². The molecule has 0 atom stereocenters. The maximum absolute atomic E-state index is 12.7. The van der Waals surface area contributed by atoms with Crippen LogP contribution in [0.15, 0.2) is 12.1 Å². The first-order valence-corrected chi connectivity index (χ1v) is 6.92. The second-order valence-corrected chi connectivity index (χ2v) is 7.76. The largest absolute Gasteiger partial charge is 1.00 e. The van der Waals surface area contributed by atoms with Crippen molar-refractivity contribution in [1.29, 1.82) is 0 Å². The summed E-state index contributed by atoms with van der Waals surface area (Å²) >= 11 is 0. The Hall–Kier alpha value is 0.616. The molecule has 0 bridgehead atoms. The van der Waals surface area contributed by atoms with Crippen LogP contribution in [0.2, 0.25) is 0 Å². The molecule has 0 fully saturated rings. The molecule has 0 spiro atoms. The molecule has 0 aromatic heterocycles. The van der Waals surface area contributed by atoms with Crippen molar-refractivity contribution in [2.75, 3.05) is 14.1 Å². The van der Waals surface area contributed by atoms with Gasteiger partial charge in [0.1, 0.15) is 0 Å². The van der Waals surface area contributed by atoms with Gasteiger partial charge >= 0.3 is 51.4 Å². The minimum Gasteiger partial charge on any atom is -0.872 e. The first kappa shape index (κ1) is 20.6. The summed E-state index contributed by atoms with van der Waals surface area (Å²) in [5.41, 5.74) is 2.85. The number of hydrogen-bond donors (Lipinski definition) is 0. The molecule has 20 heavy (non-hydrogen) atoms. The van der Waals surface area contributed by atoms with Gasteiger partial charge in [-0.15, -0.1) is 5.75 Å². The number of nitrogens with zero attached hydrogens (tertiary/aromatic N) is 1. The molecule has 0 saturated carbocycles. The first-order chi connectivity index (χ1) is 8.43. The molecule has 0 heterocycles. The number of benzene rings is 1. The molecule has 0 radical (unpaired) electrons. The monoisotopic (exact) mass is 301 g/mol. The van der Waals surface area contributed by atoms with Crippen LogP contribution in [-0.2, 0) is 17.4 Å². The summed E-state index contributed by atoms with van der Waals surface area (Å²) in [5, 5.41) is 12.7. The van der Waals surface area contributed by atoms with Crippen LogP contribution in [0, 0.1) is 0 Å². The van der Waals surface area contributed by atoms with E-state index >= 15 is 0 Å². The Bertz CT molecular complexity index is 418. The fraction of sp³-hybridized carbons (Fsp3) is 0.647. The Balaban J connectivity index is 0.00000361. The molecular weight excluding hydrogens is 273 g/mol. The van der Waals surface area contributed by atoms with E-state index in [4.69, 9.17) is 0 Å². The Kier molecular flexibility index (Phi) is 7.48. The molecule has 1 aromatic rings. The van der Waals surface area contributed by atoms with Gasteiger partial charge in [0.2, 0.25) is 0 Å². The van der Waals surface area contributed by atoms with Crippen LogP contribution < -0.4 is 56.5 Å². The van der Waals surface area contributed by atoms with Gasteiger partial charge in [-0.1, -0.05) is 53.7 Å². The third-order valence-electron chi connectivity index (χ3n) is 3.26. The smallest absolute Gasteiger partial charge is 0.872 e. The number of rotatable bonds is 2. The predicted molar refractivity (Wildman–Crippen MR) is 80.7 cm³/mol. The molecule has 0 saturated heterocycles. The van der Waals surface area contributed by atoms with Gasteiger partial charge in [-0.05, 0) is 41.6 Å². The van der Waals surface area contributed by atoms with Crippen molar-refractivity contribution in [1.82, 2.24) is 4.90 Å². The van der Waals surface area contributed by atoms with E-state index in [1.807, 2.05) is 0 Å². The van der Waals surface area contributed by atoms with E-state index in [9.17, 15) is 5.11 Å². The van der Waals surface area contributed by atoms with Gasteiger partial charge in [0, 0.05) is 6.54 Å². The van der Waals surface area contributed by atoms with Crippen LogP contribution in [0.1, 0.15) is 58.2 Å². The summed E-state index contributed by atoms with van der Waals surface area (Å²) in [6, 6.07) is 4.16. The van der Waals surface area contributed by atoms with Crippen LogP contribution in [0.25, 0.3) is 0 Å². The summed E-state index contributed by atoms with van der Waals surface area (Å²) in [4.78, 5) is 2.14. The van der Waals surface area contributed by atoms with Crippen molar-refractivity contribution in [3.8, 4) is 5.75 Å². The zero-order valence-corrected chi connectivity index (χ0v) is 17.8. The SMILES string of the molecule is CN(C)Cc1cc(C(C)(C)C)c([O-])c(C(C)(C)C)c1.[K+]. The minimum atomic E-state index is -0.112. The van der Waals surface area contributed by atoms with E-state index in [1.54, 1.807) is 0 Å². The fourth-order valence-electron chi connectivity index (χ4n) is 2.26. The van der Waals surface area contributed by atoms with Gasteiger partial charge in [0.05, 0.1) is 0 Å². The Morgan fingerprint density at radius 2 is 1.25 bits per heavy atom. The van der Waals surface area contributed by atoms with Crippen molar-refractivity contribution >= 4 is 0 Å². The Morgan fingerprint density at radius 3 is 1.50 bits per heavy atom. The summed E-state index contributed by atoms with van der Waals surface area (Å²) in [5.74, 6) is 0.211. The van der Waals surface area contributed by atoms with E-state index < -0.39 is 0 Å². The van der Waals surface area contributed by atoms with Crippen molar-refractivity contribution in [2.45, 2.75) is 58.9 Å². The maximum Gasteiger partial charge on any atom is 1.00 e. The van der Waals surface area contributed by atoms with E-state index in [2.05, 4.69) is 72.7 Å². The van der Waals surface area contributed by atoms with E-state index in [1.165, 1.54) is 5.56 Å². The summed E-state index contributed by atoms with van der Waals surface area (Å²) in [6.07, 6.45) is 0. The topological polar surface area (TPSA) is 26.3 Å². The molecule has 108 valence electrons. The van der Waals surface area contributed by atoms with Gasteiger partial charge in [-0.25, -0.2) is 0 Å². The normalized spacial score (nSPS) is 12.4. The van der Waals surface area contributed by atoms with Crippen LogP contribution in [0.4, 0.5) is 0 Å². The number of hydrogen-bond acceptors (Lipinski definition) is 2. The molecule has 0 N–H and O–H groups in total. The van der Waals surface area contributed by atoms with Gasteiger partial charge in [-0.2, -0.15) is 0 Å². The summed E-state index contributed by atoms with van der Waals surface area (Å²) in [7, 11) is 4.11. The van der Waals surface area contributed by atoms with Gasteiger partial charge in [-0.3, -0.25) is 0 Å². The quantitative estimate of drug-likeness (QED) is 0.740. The first-order valence-electron chi connectivity index (χ1n) is 6.92. The standard InChI is InChI=1S/C17H29NO.K/c1-16(2,3)13-9-12(11-18(7)8)10-14(15(13)19)17(4,5)6;/h9-10,19H,11H2,1-8H3;/q;+1/p-1. The van der Waals surface area contributed by atoms with Crippen molar-refractivity contribution < 1.29 is 56.5 Å². The molecule has 1 rings (SSSR count).